The summed E-state index contributed by atoms with van der Waals surface area (Å²) in [5.74, 6) is 1.11. The lowest BCUT2D eigenvalue weighted by Gasteiger charge is -2.21. The molecule has 0 heterocycles. The first-order chi connectivity index (χ1) is 12.8. The van der Waals surface area contributed by atoms with Gasteiger partial charge in [0.25, 0.3) is 0 Å². The molecule has 0 aromatic heterocycles. The number of ether oxygens (including phenoxy) is 1. The SMILES string of the molecule is CC(C)CN(CCC(=O)Nc1ccccc1Oc1ccccc1)S(C)(=O)=O. The molecule has 0 saturated heterocycles. The minimum atomic E-state index is -3.35. The number of para-hydroxylation sites is 3. The third-order valence-corrected chi connectivity index (χ3v) is 5.03. The molecule has 7 heteroatoms. The Bertz CT molecular complexity index is 851. The van der Waals surface area contributed by atoms with E-state index in [-0.39, 0.29) is 24.8 Å². The molecule has 2 aromatic rings. The van der Waals surface area contributed by atoms with Gasteiger partial charge in [0, 0.05) is 19.5 Å². The topological polar surface area (TPSA) is 75.7 Å². The lowest BCUT2D eigenvalue weighted by molar-refractivity contribution is -0.116. The largest absolute Gasteiger partial charge is 0.455 e. The molecule has 6 nitrogen and oxygen atoms in total. The number of hydrogen-bond acceptors (Lipinski definition) is 4. The fourth-order valence-electron chi connectivity index (χ4n) is 2.51. The summed E-state index contributed by atoms with van der Waals surface area (Å²) >= 11 is 0. The quantitative estimate of drug-likeness (QED) is 0.708. The molecule has 0 aliphatic carbocycles. The minimum absolute atomic E-state index is 0.0689. The van der Waals surface area contributed by atoms with Crippen molar-refractivity contribution in [3.8, 4) is 11.5 Å². The predicted molar refractivity (Wildman–Crippen MR) is 107 cm³/mol. The second kappa shape index (κ2) is 9.53. The van der Waals surface area contributed by atoms with Crippen LogP contribution in [-0.2, 0) is 14.8 Å². The van der Waals surface area contributed by atoms with Crippen molar-refractivity contribution in [3.05, 3.63) is 54.6 Å². The lowest BCUT2D eigenvalue weighted by atomic mass is 10.2. The van der Waals surface area contributed by atoms with Gasteiger partial charge in [-0.3, -0.25) is 4.79 Å². The fraction of sp³-hybridized carbons (Fsp3) is 0.350. The minimum Gasteiger partial charge on any atom is -0.455 e. The van der Waals surface area contributed by atoms with Crippen LogP contribution in [0.5, 0.6) is 11.5 Å². The van der Waals surface area contributed by atoms with Crippen LogP contribution in [0.3, 0.4) is 0 Å². The number of anilines is 1. The van der Waals surface area contributed by atoms with Gasteiger partial charge in [-0.1, -0.05) is 44.2 Å². The first-order valence-corrected chi connectivity index (χ1v) is 10.7. The molecule has 0 bridgehead atoms. The van der Waals surface area contributed by atoms with Crippen LogP contribution in [0.2, 0.25) is 0 Å². The molecule has 2 aromatic carbocycles. The van der Waals surface area contributed by atoms with Crippen LogP contribution < -0.4 is 10.1 Å². The van der Waals surface area contributed by atoms with Crippen LogP contribution in [0.4, 0.5) is 5.69 Å². The molecule has 1 amide bonds. The molecule has 2 rings (SSSR count). The number of rotatable bonds is 9. The van der Waals surface area contributed by atoms with E-state index in [1.165, 1.54) is 4.31 Å². The van der Waals surface area contributed by atoms with Gasteiger partial charge >= 0.3 is 0 Å². The smallest absolute Gasteiger partial charge is 0.225 e. The predicted octanol–water partition coefficient (Wildman–Crippen LogP) is 3.73. The zero-order chi connectivity index (χ0) is 19.9. The number of amides is 1. The number of carbonyl (C=O) groups is 1. The summed E-state index contributed by atoms with van der Waals surface area (Å²) in [5, 5.41) is 2.81. The molecule has 27 heavy (non-hydrogen) atoms. The Hall–Kier alpha value is -2.38. The lowest BCUT2D eigenvalue weighted by Crippen LogP contribution is -2.35. The summed E-state index contributed by atoms with van der Waals surface area (Å²) in [5.41, 5.74) is 0.543. The van der Waals surface area contributed by atoms with Gasteiger partial charge in [0.05, 0.1) is 11.9 Å². The summed E-state index contributed by atoms with van der Waals surface area (Å²) in [6.45, 7) is 4.41. The molecule has 0 aliphatic rings. The summed E-state index contributed by atoms with van der Waals surface area (Å²) in [6, 6.07) is 16.4. The van der Waals surface area contributed by atoms with Gasteiger partial charge in [-0.15, -0.1) is 0 Å². The Morgan fingerprint density at radius 3 is 2.33 bits per heavy atom. The van der Waals surface area contributed by atoms with Crippen molar-refractivity contribution in [1.82, 2.24) is 4.31 Å². The molecule has 1 N–H and O–H groups in total. The first kappa shape index (κ1) is 20.9. The fourth-order valence-corrected chi connectivity index (χ4v) is 3.50. The molecule has 0 radical (unpaired) electrons. The third kappa shape index (κ3) is 7.03. The number of benzene rings is 2. The zero-order valence-electron chi connectivity index (χ0n) is 15.9. The Labute approximate surface area is 161 Å². The van der Waals surface area contributed by atoms with E-state index in [2.05, 4.69) is 5.32 Å². The van der Waals surface area contributed by atoms with Crippen molar-refractivity contribution in [2.75, 3.05) is 24.7 Å². The normalized spacial score (nSPS) is 11.6. The van der Waals surface area contributed by atoms with Gasteiger partial charge < -0.3 is 10.1 Å². The molecule has 0 spiro atoms. The Morgan fingerprint density at radius 1 is 1.07 bits per heavy atom. The van der Waals surface area contributed by atoms with Crippen molar-refractivity contribution in [1.29, 1.82) is 0 Å². The maximum Gasteiger partial charge on any atom is 0.225 e. The molecular weight excluding hydrogens is 364 g/mol. The molecular formula is C20H26N2O4S. The number of nitrogens with one attached hydrogen (secondary N) is 1. The van der Waals surface area contributed by atoms with Crippen LogP contribution in [0.1, 0.15) is 20.3 Å². The van der Waals surface area contributed by atoms with E-state index in [0.717, 1.165) is 6.26 Å². The van der Waals surface area contributed by atoms with E-state index in [1.807, 2.05) is 50.2 Å². The van der Waals surface area contributed by atoms with Crippen LogP contribution in [0.15, 0.2) is 54.6 Å². The highest BCUT2D eigenvalue weighted by Gasteiger charge is 2.19. The van der Waals surface area contributed by atoms with Gasteiger partial charge in [-0.25, -0.2) is 12.7 Å². The van der Waals surface area contributed by atoms with Crippen molar-refractivity contribution in [3.63, 3.8) is 0 Å². The highest BCUT2D eigenvalue weighted by Crippen LogP contribution is 2.29. The molecule has 0 saturated carbocycles. The summed E-state index contributed by atoms with van der Waals surface area (Å²) in [6.07, 6.45) is 1.23. The number of nitrogens with zero attached hydrogens (tertiary/aromatic N) is 1. The van der Waals surface area contributed by atoms with Crippen LogP contribution >= 0.6 is 0 Å². The van der Waals surface area contributed by atoms with Crippen LogP contribution in [0.25, 0.3) is 0 Å². The molecule has 0 fully saturated rings. The third-order valence-electron chi connectivity index (χ3n) is 3.76. The molecule has 146 valence electrons. The van der Waals surface area contributed by atoms with Crippen molar-refractivity contribution < 1.29 is 17.9 Å². The first-order valence-electron chi connectivity index (χ1n) is 8.82. The van der Waals surface area contributed by atoms with Gasteiger partial charge in [0.1, 0.15) is 5.75 Å². The number of sulfonamides is 1. The molecule has 0 atom stereocenters. The van der Waals surface area contributed by atoms with Gasteiger partial charge in [0.15, 0.2) is 5.75 Å². The highest BCUT2D eigenvalue weighted by molar-refractivity contribution is 7.88. The van der Waals surface area contributed by atoms with E-state index in [9.17, 15) is 13.2 Å². The van der Waals surface area contributed by atoms with Gasteiger partial charge in [-0.05, 0) is 30.2 Å². The van der Waals surface area contributed by atoms with Crippen molar-refractivity contribution >= 4 is 21.6 Å². The Morgan fingerprint density at radius 2 is 1.70 bits per heavy atom. The second-order valence-electron chi connectivity index (χ2n) is 6.72. The van der Waals surface area contributed by atoms with Crippen LogP contribution in [-0.4, -0.2) is 38.0 Å². The zero-order valence-corrected chi connectivity index (χ0v) is 16.7. The number of hydrogen-bond donors (Lipinski definition) is 1. The second-order valence-corrected chi connectivity index (χ2v) is 8.71. The van der Waals surface area contributed by atoms with E-state index < -0.39 is 10.0 Å². The van der Waals surface area contributed by atoms with Crippen LogP contribution in [0, 0.1) is 5.92 Å². The number of carbonyl (C=O) groups excluding carboxylic acids is 1. The average molecular weight is 391 g/mol. The average Bonchev–Trinajstić information content (AvgIpc) is 2.60. The van der Waals surface area contributed by atoms with Crippen molar-refractivity contribution in [2.45, 2.75) is 20.3 Å². The maximum atomic E-state index is 12.3. The van der Waals surface area contributed by atoms with E-state index in [4.69, 9.17) is 4.74 Å². The monoisotopic (exact) mass is 390 g/mol. The van der Waals surface area contributed by atoms with E-state index in [1.54, 1.807) is 18.2 Å². The highest BCUT2D eigenvalue weighted by atomic mass is 32.2. The molecule has 0 unspecified atom stereocenters. The van der Waals surface area contributed by atoms with Gasteiger partial charge in [-0.2, -0.15) is 0 Å². The summed E-state index contributed by atoms with van der Waals surface area (Å²) < 4.78 is 30.9. The van der Waals surface area contributed by atoms with E-state index >= 15 is 0 Å². The maximum absolute atomic E-state index is 12.3. The summed E-state index contributed by atoms with van der Waals surface area (Å²) in [4.78, 5) is 12.3. The Kier molecular flexibility index (Phi) is 7.38. The molecule has 0 aliphatic heterocycles. The van der Waals surface area contributed by atoms with E-state index in [0.29, 0.717) is 23.7 Å². The Balaban J connectivity index is 2.01. The van der Waals surface area contributed by atoms with Gasteiger partial charge in [0.2, 0.25) is 15.9 Å². The van der Waals surface area contributed by atoms with Crippen molar-refractivity contribution in [2.24, 2.45) is 5.92 Å². The summed E-state index contributed by atoms with van der Waals surface area (Å²) in [7, 11) is -3.35. The standard InChI is InChI=1S/C20H26N2O4S/c1-16(2)15-22(27(3,24)25)14-13-20(23)21-18-11-7-8-12-19(18)26-17-9-5-4-6-10-17/h4-12,16H,13-15H2,1-3H3,(H,21,23).